The van der Waals surface area contributed by atoms with Gasteiger partial charge in [0.1, 0.15) is 5.01 Å². The standard InChI is InChI=1S/C14H25N5S.HI/c1-4-19-7-5-6-12(19)8-16-14(15)17-9-13-18-10(2)11(3)20-13;/h12H,4-9H2,1-3H3,(H3,15,16,17);1H. The van der Waals surface area contributed by atoms with Gasteiger partial charge in [-0.15, -0.1) is 35.3 Å². The summed E-state index contributed by atoms with van der Waals surface area (Å²) in [5.74, 6) is 0.526. The number of likely N-dealkylation sites (N-methyl/N-ethyl adjacent to an activating group) is 1. The molecule has 120 valence electrons. The van der Waals surface area contributed by atoms with E-state index in [-0.39, 0.29) is 24.0 Å². The molecule has 0 spiro atoms. The van der Waals surface area contributed by atoms with Crippen LogP contribution in [0.3, 0.4) is 0 Å². The summed E-state index contributed by atoms with van der Waals surface area (Å²) in [7, 11) is 0. The van der Waals surface area contributed by atoms with Crippen molar-refractivity contribution >= 4 is 41.3 Å². The first-order chi connectivity index (χ1) is 9.60. The molecule has 1 aromatic heterocycles. The molecule has 0 radical (unpaired) electrons. The lowest BCUT2D eigenvalue weighted by Gasteiger charge is -2.23. The minimum absolute atomic E-state index is 0. The summed E-state index contributed by atoms with van der Waals surface area (Å²) >= 11 is 1.69. The predicted molar refractivity (Wildman–Crippen MR) is 101 cm³/mol. The van der Waals surface area contributed by atoms with Gasteiger partial charge in [0.2, 0.25) is 0 Å². The van der Waals surface area contributed by atoms with Gasteiger partial charge in [-0.25, -0.2) is 9.98 Å². The fourth-order valence-electron chi connectivity index (χ4n) is 2.58. The van der Waals surface area contributed by atoms with Gasteiger partial charge in [0, 0.05) is 17.5 Å². The van der Waals surface area contributed by atoms with E-state index in [2.05, 4.69) is 34.0 Å². The molecule has 1 unspecified atom stereocenters. The third-order valence-electron chi connectivity index (χ3n) is 3.88. The quantitative estimate of drug-likeness (QED) is 0.433. The van der Waals surface area contributed by atoms with Crippen molar-refractivity contribution in [2.24, 2.45) is 10.7 Å². The Balaban J connectivity index is 0.00000220. The van der Waals surface area contributed by atoms with Crippen molar-refractivity contribution in [1.29, 1.82) is 0 Å². The van der Waals surface area contributed by atoms with Crippen molar-refractivity contribution in [3.63, 3.8) is 0 Å². The molecule has 1 aromatic rings. The van der Waals surface area contributed by atoms with Crippen LogP contribution in [-0.2, 0) is 6.54 Å². The van der Waals surface area contributed by atoms with Crippen LogP contribution in [0.2, 0.25) is 0 Å². The zero-order chi connectivity index (χ0) is 14.5. The number of nitrogens with two attached hydrogens (primary N) is 1. The van der Waals surface area contributed by atoms with Crippen molar-refractivity contribution in [3.05, 3.63) is 15.6 Å². The van der Waals surface area contributed by atoms with Crippen molar-refractivity contribution in [1.82, 2.24) is 15.2 Å². The summed E-state index contributed by atoms with van der Waals surface area (Å²) < 4.78 is 0. The average molecular weight is 423 g/mol. The summed E-state index contributed by atoms with van der Waals surface area (Å²) in [4.78, 5) is 12.6. The van der Waals surface area contributed by atoms with Crippen LogP contribution in [0.5, 0.6) is 0 Å². The number of halogens is 1. The zero-order valence-corrected chi connectivity index (χ0v) is 16.2. The van der Waals surface area contributed by atoms with Gasteiger partial charge >= 0.3 is 0 Å². The second-order valence-corrected chi connectivity index (χ2v) is 6.54. The van der Waals surface area contributed by atoms with E-state index in [0.717, 1.165) is 23.8 Å². The Morgan fingerprint density at radius 2 is 2.29 bits per heavy atom. The van der Waals surface area contributed by atoms with Crippen LogP contribution < -0.4 is 11.1 Å². The molecule has 1 saturated heterocycles. The maximum Gasteiger partial charge on any atom is 0.189 e. The normalized spacial score (nSPS) is 19.6. The van der Waals surface area contributed by atoms with Gasteiger partial charge in [0.25, 0.3) is 0 Å². The molecule has 0 amide bonds. The second kappa shape index (κ2) is 8.89. The second-order valence-electron chi connectivity index (χ2n) is 5.26. The van der Waals surface area contributed by atoms with E-state index in [9.17, 15) is 0 Å². The SMILES string of the molecule is CCN1CCCC1CNC(N)=NCc1nc(C)c(C)s1.I. The highest BCUT2D eigenvalue weighted by molar-refractivity contribution is 14.0. The first-order valence-corrected chi connectivity index (χ1v) is 8.12. The molecule has 21 heavy (non-hydrogen) atoms. The van der Waals surface area contributed by atoms with E-state index in [1.165, 1.54) is 24.3 Å². The van der Waals surface area contributed by atoms with Gasteiger partial charge < -0.3 is 11.1 Å². The molecule has 0 bridgehead atoms. The number of nitrogens with one attached hydrogen (secondary N) is 1. The average Bonchev–Trinajstić information content (AvgIpc) is 3.01. The first kappa shape index (κ1) is 18.6. The van der Waals surface area contributed by atoms with Crippen LogP contribution in [0, 0.1) is 13.8 Å². The zero-order valence-electron chi connectivity index (χ0n) is 13.1. The van der Waals surface area contributed by atoms with E-state index < -0.39 is 0 Å². The topological polar surface area (TPSA) is 66.5 Å². The minimum Gasteiger partial charge on any atom is -0.370 e. The van der Waals surface area contributed by atoms with Crippen LogP contribution in [0.1, 0.15) is 35.3 Å². The molecule has 7 heteroatoms. The van der Waals surface area contributed by atoms with E-state index >= 15 is 0 Å². The highest BCUT2D eigenvalue weighted by Crippen LogP contribution is 2.17. The largest absolute Gasteiger partial charge is 0.370 e. The molecular weight excluding hydrogens is 397 g/mol. The molecule has 1 aliphatic rings. The van der Waals surface area contributed by atoms with Crippen LogP contribution in [0.25, 0.3) is 0 Å². The van der Waals surface area contributed by atoms with E-state index in [1.807, 2.05) is 6.92 Å². The fourth-order valence-corrected chi connectivity index (χ4v) is 3.44. The highest BCUT2D eigenvalue weighted by atomic mass is 127. The molecule has 5 nitrogen and oxygen atoms in total. The molecule has 2 heterocycles. The van der Waals surface area contributed by atoms with Gasteiger partial charge in [0.05, 0.1) is 12.2 Å². The summed E-state index contributed by atoms with van der Waals surface area (Å²) in [6, 6.07) is 0.595. The number of nitrogens with zero attached hydrogens (tertiary/aromatic N) is 3. The molecule has 0 saturated carbocycles. The lowest BCUT2D eigenvalue weighted by molar-refractivity contribution is 0.267. The number of hydrogen-bond acceptors (Lipinski definition) is 4. The maximum absolute atomic E-state index is 5.93. The van der Waals surface area contributed by atoms with Crippen LogP contribution >= 0.6 is 35.3 Å². The first-order valence-electron chi connectivity index (χ1n) is 7.31. The van der Waals surface area contributed by atoms with Crippen LogP contribution in [0.15, 0.2) is 4.99 Å². The van der Waals surface area contributed by atoms with Crippen LogP contribution in [0.4, 0.5) is 0 Å². The molecule has 0 aromatic carbocycles. The van der Waals surface area contributed by atoms with Gasteiger partial charge in [-0.1, -0.05) is 6.92 Å². The van der Waals surface area contributed by atoms with E-state index in [4.69, 9.17) is 5.73 Å². The third kappa shape index (κ3) is 5.37. The number of thiazole rings is 1. The number of aryl methyl sites for hydroxylation is 2. The Kier molecular flexibility index (Phi) is 7.89. The van der Waals surface area contributed by atoms with Crippen molar-refractivity contribution in [2.75, 3.05) is 19.6 Å². The summed E-state index contributed by atoms with van der Waals surface area (Å²) in [5.41, 5.74) is 7.02. The van der Waals surface area contributed by atoms with Gasteiger partial charge in [-0.3, -0.25) is 4.90 Å². The Bertz CT molecular complexity index is 454. The van der Waals surface area contributed by atoms with Gasteiger partial charge in [0.15, 0.2) is 5.96 Å². The monoisotopic (exact) mass is 423 g/mol. The number of likely N-dealkylation sites (tertiary alicyclic amines) is 1. The number of hydrogen-bond donors (Lipinski definition) is 2. The molecule has 2 rings (SSSR count). The molecule has 0 aliphatic carbocycles. The molecule has 3 N–H and O–H groups in total. The number of aliphatic imine (C=N–C) groups is 1. The maximum atomic E-state index is 5.93. The molecule has 1 aliphatic heterocycles. The Hall–Kier alpha value is -0.410. The van der Waals surface area contributed by atoms with Gasteiger partial charge in [-0.05, 0) is 39.8 Å². The smallest absolute Gasteiger partial charge is 0.189 e. The van der Waals surface area contributed by atoms with Crippen molar-refractivity contribution in [3.8, 4) is 0 Å². The lowest BCUT2D eigenvalue weighted by Crippen LogP contribution is -2.42. The van der Waals surface area contributed by atoms with E-state index in [0.29, 0.717) is 18.5 Å². The molecule has 1 atom stereocenters. The summed E-state index contributed by atoms with van der Waals surface area (Å²) in [6.07, 6.45) is 2.54. The Morgan fingerprint density at radius 3 is 2.90 bits per heavy atom. The number of aromatic nitrogens is 1. The van der Waals surface area contributed by atoms with Crippen molar-refractivity contribution in [2.45, 2.75) is 46.2 Å². The Morgan fingerprint density at radius 1 is 1.52 bits per heavy atom. The summed E-state index contributed by atoms with van der Waals surface area (Å²) in [5, 5.41) is 4.27. The molecular formula is C14H26IN5S. The molecule has 1 fully saturated rings. The van der Waals surface area contributed by atoms with Crippen LogP contribution in [-0.4, -0.2) is 41.5 Å². The summed E-state index contributed by atoms with van der Waals surface area (Å²) in [6.45, 7) is 10.1. The fraction of sp³-hybridized carbons (Fsp3) is 0.714. The minimum atomic E-state index is 0. The lowest BCUT2D eigenvalue weighted by atomic mass is 10.2. The number of rotatable bonds is 5. The van der Waals surface area contributed by atoms with Gasteiger partial charge in [-0.2, -0.15) is 0 Å². The Labute approximate surface area is 148 Å². The van der Waals surface area contributed by atoms with Crippen molar-refractivity contribution < 1.29 is 0 Å². The number of guanidine groups is 1. The highest BCUT2D eigenvalue weighted by Gasteiger charge is 2.22. The van der Waals surface area contributed by atoms with E-state index in [1.54, 1.807) is 11.3 Å². The third-order valence-corrected chi connectivity index (χ3v) is 4.94. The predicted octanol–water partition coefficient (Wildman–Crippen LogP) is 2.27.